The van der Waals surface area contributed by atoms with Gasteiger partial charge in [0, 0.05) is 20.7 Å². The SMILES string of the molecule is CSCC[C@H](NC(=O)c1ccc(Cl)cc1)C(=O)Nc1ccc(Br)cc1. The van der Waals surface area contributed by atoms with Gasteiger partial charge in [-0.3, -0.25) is 9.59 Å². The Morgan fingerprint density at radius 2 is 1.76 bits per heavy atom. The van der Waals surface area contributed by atoms with Crippen LogP contribution in [0.3, 0.4) is 0 Å². The van der Waals surface area contributed by atoms with Crippen LogP contribution in [-0.4, -0.2) is 29.9 Å². The van der Waals surface area contributed by atoms with Crippen molar-refractivity contribution in [3.05, 3.63) is 63.6 Å². The summed E-state index contributed by atoms with van der Waals surface area (Å²) in [5.74, 6) is 0.228. The number of amides is 2. The summed E-state index contributed by atoms with van der Waals surface area (Å²) in [6.45, 7) is 0. The predicted molar refractivity (Wildman–Crippen MR) is 108 cm³/mol. The highest BCUT2D eigenvalue weighted by molar-refractivity contribution is 9.10. The van der Waals surface area contributed by atoms with Crippen molar-refractivity contribution >= 4 is 56.8 Å². The Balaban J connectivity index is 2.06. The number of hydrogen-bond acceptors (Lipinski definition) is 3. The van der Waals surface area contributed by atoms with E-state index in [2.05, 4.69) is 26.6 Å². The second-order valence-corrected chi connectivity index (χ2v) is 7.65. The van der Waals surface area contributed by atoms with Crippen molar-refractivity contribution in [2.24, 2.45) is 0 Å². The molecular formula is C18H18BrClN2O2S. The second kappa shape index (κ2) is 9.85. The van der Waals surface area contributed by atoms with Gasteiger partial charge in [-0.05, 0) is 67.0 Å². The lowest BCUT2D eigenvalue weighted by atomic mass is 10.1. The van der Waals surface area contributed by atoms with Crippen molar-refractivity contribution in [2.45, 2.75) is 12.5 Å². The van der Waals surface area contributed by atoms with Gasteiger partial charge >= 0.3 is 0 Å². The summed E-state index contributed by atoms with van der Waals surface area (Å²) in [7, 11) is 0. The maximum atomic E-state index is 12.6. The third kappa shape index (κ3) is 6.38. The van der Waals surface area contributed by atoms with Crippen molar-refractivity contribution < 1.29 is 9.59 Å². The molecule has 2 aromatic rings. The lowest BCUT2D eigenvalue weighted by molar-refractivity contribution is -0.118. The molecule has 0 aliphatic carbocycles. The summed E-state index contributed by atoms with van der Waals surface area (Å²) >= 11 is 10.8. The van der Waals surface area contributed by atoms with Gasteiger partial charge in [-0.2, -0.15) is 11.8 Å². The molecule has 7 heteroatoms. The standard InChI is InChI=1S/C18H18BrClN2O2S/c1-25-11-10-16(18(24)21-15-8-4-13(19)5-9-15)22-17(23)12-2-6-14(20)7-3-12/h2-9,16H,10-11H2,1H3,(H,21,24)(H,22,23)/t16-/m0/s1. The fourth-order valence-corrected chi connectivity index (χ4v) is 2.97. The summed E-state index contributed by atoms with van der Waals surface area (Å²) in [5.41, 5.74) is 1.15. The van der Waals surface area contributed by atoms with Crippen LogP contribution in [0.2, 0.25) is 5.02 Å². The van der Waals surface area contributed by atoms with Crippen molar-refractivity contribution in [1.82, 2.24) is 5.32 Å². The third-order valence-electron chi connectivity index (χ3n) is 3.45. The number of benzene rings is 2. The molecule has 0 unspecified atom stereocenters. The highest BCUT2D eigenvalue weighted by Gasteiger charge is 2.21. The lowest BCUT2D eigenvalue weighted by Crippen LogP contribution is -2.44. The van der Waals surface area contributed by atoms with E-state index in [9.17, 15) is 9.59 Å². The van der Waals surface area contributed by atoms with E-state index in [1.165, 1.54) is 0 Å². The molecule has 0 bridgehead atoms. The van der Waals surface area contributed by atoms with Crippen LogP contribution in [0.25, 0.3) is 0 Å². The molecule has 2 rings (SSSR count). The van der Waals surface area contributed by atoms with Gasteiger partial charge in [0.2, 0.25) is 5.91 Å². The van der Waals surface area contributed by atoms with Gasteiger partial charge in [0.1, 0.15) is 6.04 Å². The largest absolute Gasteiger partial charge is 0.340 e. The first-order valence-corrected chi connectivity index (χ1v) is 10.2. The highest BCUT2D eigenvalue weighted by Crippen LogP contribution is 2.15. The Kier molecular flexibility index (Phi) is 7.81. The first-order chi connectivity index (χ1) is 12.0. The van der Waals surface area contributed by atoms with Crippen LogP contribution in [0.5, 0.6) is 0 Å². The highest BCUT2D eigenvalue weighted by atomic mass is 79.9. The minimum atomic E-state index is -0.612. The van der Waals surface area contributed by atoms with Crippen LogP contribution in [-0.2, 0) is 4.79 Å². The Morgan fingerprint density at radius 1 is 1.12 bits per heavy atom. The van der Waals surface area contributed by atoms with E-state index in [1.807, 2.05) is 18.4 Å². The molecule has 2 amide bonds. The zero-order valence-electron chi connectivity index (χ0n) is 13.6. The zero-order valence-corrected chi connectivity index (χ0v) is 16.7. The van der Waals surface area contributed by atoms with Crippen LogP contribution in [0, 0.1) is 0 Å². The van der Waals surface area contributed by atoms with Gasteiger partial charge in [-0.15, -0.1) is 0 Å². The summed E-state index contributed by atoms with van der Waals surface area (Å²) in [4.78, 5) is 24.9. The molecule has 2 aromatic carbocycles. The zero-order chi connectivity index (χ0) is 18.2. The molecule has 0 heterocycles. The number of hydrogen-bond donors (Lipinski definition) is 2. The topological polar surface area (TPSA) is 58.2 Å². The molecule has 4 nitrogen and oxygen atoms in total. The lowest BCUT2D eigenvalue weighted by Gasteiger charge is -2.18. The predicted octanol–water partition coefficient (Wildman–Crippen LogP) is 4.59. The summed E-state index contributed by atoms with van der Waals surface area (Å²) < 4.78 is 0.931. The van der Waals surface area contributed by atoms with Gasteiger partial charge in [0.25, 0.3) is 5.91 Å². The third-order valence-corrected chi connectivity index (χ3v) is 4.88. The number of carbonyl (C=O) groups is 2. The number of rotatable bonds is 7. The Bertz CT molecular complexity index is 723. The van der Waals surface area contributed by atoms with Crippen molar-refractivity contribution in [3.8, 4) is 0 Å². The van der Waals surface area contributed by atoms with Crippen LogP contribution in [0.15, 0.2) is 53.0 Å². The average molecular weight is 442 g/mol. The maximum absolute atomic E-state index is 12.6. The molecule has 0 fully saturated rings. The fourth-order valence-electron chi connectivity index (χ4n) is 2.11. The molecule has 0 saturated heterocycles. The maximum Gasteiger partial charge on any atom is 0.251 e. The minimum Gasteiger partial charge on any atom is -0.340 e. The summed E-state index contributed by atoms with van der Waals surface area (Å²) in [6, 6.07) is 13.2. The number of halogens is 2. The Hall–Kier alpha value is -1.50. The average Bonchev–Trinajstić information content (AvgIpc) is 2.61. The number of thioether (sulfide) groups is 1. The number of nitrogens with one attached hydrogen (secondary N) is 2. The molecular weight excluding hydrogens is 424 g/mol. The summed E-state index contributed by atoms with van der Waals surface area (Å²) in [5, 5.41) is 6.20. The quantitative estimate of drug-likeness (QED) is 0.660. The van der Waals surface area contributed by atoms with E-state index in [0.29, 0.717) is 22.7 Å². The molecule has 25 heavy (non-hydrogen) atoms. The van der Waals surface area contributed by atoms with Gasteiger partial charge in [-0.25, -0.2) is 0 Å². The van der Waals surface area contributed by atoms with E-state index in [1.54, 1.807) is 48.2 Å². The van der Waals surface area contributed by atoms with Crippen LogP contribution in [0.1, 0.15) is 16.8 Å². The van der Waals surface area contributed by atoms with E-state index in [4.69, 9.17) is 11.6 Å². The first kappa shape index (κ1) is 19.8. The molecule has 2 N–H and O–H groups in total. The van der Waals surface area contributed by atoms with Gasteiger partial charge in [0.05, 0.1) is 0 Å². The van der Waals surface area contributed by atoms with Crippen molar-refractivity contribution in [2.75, 3.05) is 17.3 Å². The smallest absolute Gasteiger partial charge is 0.251 e. The van der Waals surface area contributed by atoms with E-state index < -0.39 is 6.04 Å². The number of anilines is 1. The Morgan fingerprint density at radius 3 is 2.36 bits per heavy atom. The summed E-state index contributed by atoms with van der Waals surface area (Å²) in [6.07, 6.45) is 2.51. The second-order valence-electron chi connectivity index (χ2n) is 5.31. The van der Waals surface area contributed by atoms with Crippen molar-refractivity contribution in [1.29, 1.82) is 0 Å². The van der Waals surface area contributed by atoms with Crippen LogP contribution in [0.4, 0.5) is 5.69 Å². The van der Waals surface area contributed by atoms with Crippen molar-refractivity contribution in [3.63, 3.8) is 0 Å². The monoisotopic (exact) mass is 440 g/mol. The van der Waals surface area contributed by atoms with Crippen LogP contribution >= 0.6 is 39.3 Å². The van der Waals surface area contributed by atoms with Gasteiger partial charge < -0.3 is 10.6 Å². The van der Waals surface area contributed by atoms with Gasteiger partial charge in [-0.1, -0.05) is 27.5 Å². The minimum absolute atomic E-state index is 0.237. The van der Waals surface area contributed by atoms with E-state index in [0.717, 1.165) is 10.2 Å². The fraction of sp³-hybridized carbons (Fsp3) is 0.222. The van der Waals surface area contributed by atoms with Crippen LogP contribution < -0.4 is 10.6 Å². The molecule has 1 atom stereocenters. The molecule has 0 aliphatic rings. The molecule has 0 radical (unpaired) electrons. The normalized spacial score (nSPS) is 11.6. The Labute approximate surface area is 164 Å². The molecule has 0 saturated carbocycles. The number of carbonyl (C=O) groups excluding carboxylic acids is 2. The van der Waals surface area contributed by atoms with Gasteiger partial charge in [0.15, 0.2) is 0 Å². The first-order valence-electron chi connectivity index (χ1n) is 7.61. The van der Waals surface area contributed by atoms with E-state index >= 15 is 0 Å². The molecule has 0 spiro atoms. The molecule has 0 aliphatic heterocycles. The molecule has 0 aromatic heterocycles. The van der Waals surface area contributed by atoms with E-state index in [-0.39, 0.29) is 11.8 Å². The molecule has 132 valence electrons.